The van der Waals surface area contributed by atoms with Crippen LogP contribution < -0.4 is 5.32 Å². The molecule has 4 nitrogen and oxygen atoms in total. The number of benzene rings is 1. The van der Waals surface area contributed by atoms with Crippen molar-refractivity contribution in [2.75, 3.05) is 13.1 Å². The van der Waals surface area contributed by atoms with Gasteiger partial charge in [-0.05, 0) is 42.5 Å². The van der Waals surface area contributed by atoms with E-state index in [1.165, 1.54) is 10.4 Å². The molecule has 1 amide bonds. The number of thiophene rings is 1. The lowest BCUT2D eigenvalue weighted by atomic mass is 10.1. The predicted octanol–water partition coefficient (Wildman–Crippen LogP) is 3.67. The maximum Gasteiger partial charge on any atom is 0.287 e. The van der Waals surface area contributed by atoms with Gasteiger partial charge in [-0.3, -0.25) is 9.69 Å². The lowest BCUT2D eigenvalue weighted by Crippen LogP contribution is -2.44. The number of furan rings is 1. The van der Waals surface area contributed by atoms with Gasteiger partial charge in [0.05, 0.1) is 0 Å². The Labute approximate surface area is 145 Å². The molecule has 0 bridgehead atoms. The first-order valence-corrected chi connectivity index (χ1v) is 9.15. The zero-order chi connectivity index (χ0) is 16.5. The molecule has 1 aliphatic rings. The Hall–Kier alpha value is -2.11. The maximum atomic E-state index is 12.3. The number of fused-ring (bicyclic) bond motifs is 2. The van der Waals surface area contributed by atoms with E-state index in [-0.39, 0.29) is 5.91 Å². The molecule has 3 aromatic rings. The van der Waals surface area contributed by atoms with Crippen molar-refractivity contribution >= 4 is 28.2 Å². The van der Waals surface area contributed by atoms with Crippen molar-refractivity contribution in [1.29, 1.82) is 0 Å². The molecule has 0 radical (unpaired) electrons. The van der Waals surface area contributed by atoms with Crippen molar-refractivity contribution in [2.24, 2.45) is 0 Å². The highest BCUT2D eigenvalue weighted by Gasteiger charge is 2.22. The number of hydrogen-bond acceptors (Lipinski definition) is 4. The monoisotopic (exact) mass is 340 g/mol. The minimum Gasteiger partial charge on any atom is -0.451 e. The molecule has 5 heteroatoms. The first-order valence-electron chi connectivity index (χ1n) is 8.27. The van der Waals surface area contributed by atoms with Crippen molar-refractivity contribution in [3.63, 3.8) is 0 Å². The lowest BCUT2D eigenvalue weighted by molar-refractivity contribution is 0.0907. The first-order chi connectivity index (χ1) is 11.7. The van der Waals surface area contributed by atoms with Crippen molar-refractivity contribution < 1.29 is 9.21 Å². The molecule has 0 spiro atoms. The summed E-state index contributed by atoms with van der Waals surface area (Å²) >= 11 is 1.85. The van der Waals surface area contributed by atoms with Crippen LogP contribution in [0.1, 0.15) is 27.9 Å². The third kappa shape index (κ3) is 2.97. The highest BCUT2D eigenvalue weighted by Crippen LogP contribution is 2.25. The topological polar surface area (TPSA) is 45.5 Å². The molecule has 1 aliphatic heterocycles. The summed E-state index contributed by atoms with van der Waals surface area (Å²) in [6.45, 7) is 4.81. The Morgan fingerprint density at radius 3 is 3.12 bits per heavy atom. The minimum atomic E-state index is -0.147. The largest absolute Gasteiger partial charge is 0.451 e. The highest BCUT2D eigenvalue weighted by atomic mass is 32.1. The van der Waals surface area contributed by atoms with Crippen LogP contribution in [0.5, 0.6) is 0 Å². The molecule has 0 aliphatic carbocycles. The van der Waals surface area contributed by atoms with Gasteiger partial charge in [-0.2, -0.15) is 0 Å². The molecule has 1 atom stereocenters. The summed E-state index contributed by atoms with van der Waals surface area (Å²) in [5.74, 6) is 0.230. The Kier molecular flexibility index (Phi) is 4.12. The number of carbonyl (C=O) groups excluding carboxylic acids is 1. The lowest BCUT2D eigenvalue weighted by Gasteiger charge is -2.32. The van der Waals surface area contributed by atoms with E-state index in [9.17, 15) is 4.79 Å². The van der Waals surface area contributed by atoms with Gasteiger partial charge in [0.25, 0.3) is 5.91 Å². The van der Waals surface area contributed by atoms with Crippen LogP contribution in [0.4, 0.5) is 0 Å². The van der Waals surface area contributed by atoms with Crippen LogP contribution in [0.25, 0.3) is 11.0 Å². The molecule has 1 aromatic carbocycles. The van der Waals surface area contributed by atoms with E-state index in [0.29, 0.717) is 18.3 Å². The van der Waals surface area contributed by atoms with Gasteiger partial charge < -0.3 is 9.73 Å². The maximum absolute atomic E-state index is 12.3. The van der Waals surface area contributed by atoms with E-state index in [0.717, 1.165) is 30.5 Å². The van der Waals surface area contributed by atoms with Gasteiger partial charge >= 0.3 is 0 Å². The smallest absolute Gasteiger partial charge is 0.287 e. The normalized spacial score (nSPS) is 16.0. The number of amides is 1. The van der Waals surface area contributed by atoms with E-state index in [1.807, 2.05) is 35.6 Å². The van der Waals surface area contributed by atoms with E-state index < -0.39 is 0 Å². The van der Waals surface area contributed by atoms with E-state index in [4.69, 9.17) is 4.42 Å². The summed E-state index contributed by atoms with van der Waals surface area (Å²) in [6.07, 6.45) is 1.11. The number of carbonyl (C=O) groups is 1. The summed E-state index contributed by atoms with van der Waals surface area (Å²) in [5.41, 5.74) is 2.18. The predicted molar refractivity (Wildman–Crippen MR) is 96.4 cm³/mol. The fraction of sp³-hybridized carbons (Fsp3) is 0.316. The molecule has 2 aromatic heterocycles. The van der Waals surface area contributed by atoms with Crippen LogP contribution in [0.15, 0.2) is 46.2 Å². The van der Waals surface area contributed by atoms with Crippen LogP contribution in [-0.4, -0.2) is 29.9 Å². The number of para-hydroxylation sites is 1. The molecule has 4 rings (SSSR count). The third-order valence-electron chi connectivity index (χ3n) is 4.67. The summed E-state index contributed by atoms with van der Waals surface area (Å²) in [5, 5.41) is 6.13. The number of nitrogens with one attached hydrogen (secondary N) is 1. The van der Waals surface area contributed by atoms with Crippen LogP contribution in [-0.2, 0) is 13.0 Å². The Bertz CT molecular complexity index is 834. The Balaban J connectivity index is 1.37. The van der Waals surface area contributed by atoms with Gasteiger partial charge in [-0.25, -0.2) is 0 Å². The van der Waals surface area contributed by atoms with Crippen molar-refractivity contribution in [2.45, 2.75) is 25.9 Å². The second-order valence-electron chi connectivity index (χ2n) is 6.30. The van der Waals surface area contributed by atoms with Crippen molar-refractivity contribution in [3.05, 3.63) is 58.0 Å². The van der Waals surface area contributed by atoms with Gasteiger partial charge in [-0.1, -0.05) is 18.2 Å². The summed E-state index contributed by atoms with van der Waals surface area (Å²) in [6, 6.07) is 12.0. The number of hydrogen-bond donors (Lipinski definition) is 1. The Morgan fingerprint density at radius 2 is 2.25 bits per heavy atom. The molecule has 124 valence electrons. The van der Waals surface area contributed by atoms with Crippen LogP contribution in [0, 0.1) is 0 Å². The van der Waals surface area contributed by atoms with E-state index in [1.54, 1.807) is 6.07 Å². The van der Waals surface area contributed by atoms with Gasteiger partial charge in [0.1, 0.15) is 5.58 Å². The SMILES string of the molecule is C[C@@H](CNC(=O)c1cc2ccccc2o1)N1CCc2sccc2C1. The molecular weight excluding hydrogens is 320 g/mol. The molecule has 3 heterocycles. The van der Waals surface area contributed by atoms with E-state index in [2.05, 4.69) is 28.6 Å². The second kappa shape index (κ2) is 6.42. The fourth-order valence-electron chi connectivity index (χ4n) is 3.20. The van der Waals surface area contributed by atoms with Gasteiger partial charge in [-0.15, -0.1) is 11.3 Å². The zero-order valence-corrected chi connectivity index (χ0v) is 14.4. The molecule has 0 saturated heterocycles. The standard InChI is InChI=1S/C19H20N2O2S/c1-13(21-8-6-18-15(12-21)7-9-24-18)11-20-19(22)17-10-14-4-2-3-5-16(14)23-17/h2-5,7,9-10,13H,6,8,11-12H2,1H3,(H,20,22)/t13-/m0/s1. The minimum absolute atomic E-state index is 0.147. The van der Waals surface area contributed by atoms with Crippen LogP contribution in [0.3, 0.4) is 0 Å². The van der Waals surface area contributed by atoms with Gasteiger partial charge in [0.15, 0.2) is 5.76 Å². The Morgan fingerprint density at radius 1 is 1.38 bits per heavy atom. The highest BCUT2D eigenvalue weighted by molar-refractivity contribution is 7.10. The van der Waals surface area contributed by atoms with Crippen LogP contribution >= 0.6 is 11.3 Å². The molecule has 24 heavy (non-hydrogen) atoms. The van der Waals surface area contributed by atoms with E-state index >= 15 is 0 Å². The molecule has 0 saturated carbocycles. The summed E-state index contributed by atoms with van der Waals surface area (Å²) in [7, 11) is 0. The third-order valence-corrected chi connectivity index (χ3v) is 5.69. The average Bonchev–Trinajstić information content (AvgIpc) is 3.24. The average molecular weight is 340 g/mol. The van der Waals surface area contributed by atoms with Crippen LogP contribution in [0.2, 0.25) is 0 Å². The molecule has 0 unspecified atom stereocenters. The first kappa shape index (κ1) is 15.4. The molecule has 1 N–H and O–H groups in total. The quantitative estimate of drug-likeness (QED) is 0.788. The van der Waals surface area contributed by atoms with Gasteiger partial charge in [0, 0.05) is 35.9 Å². The second-order valence-corrected chi connectivity index (χ2v) is 7.30. The van der Waals surface area contributed by atoms with Crippen molar-refractivity contribution in [3.8, 4) is 0 Å². The van der Waals surface area contributed by atoms with Crippen molar-refractivity contribution in [1.82, 2.24) is 10.2 Å². The summed E-state index contributed by atoms with van der Waals surface area (Å²) < 4.78 is 5.62. The number of nitrogens with zero attached hydrogens (tertiary/aromatic N) is 1. The molecule has 0 fully saturated rings. The molecular formula is C19H20N2O2S. The number of rotatable bonds is 4. The zero-order valence-electron chi connectivity index (χ0n) is 13.6. The fourth-order valence-corrected chi connectivity index (χ4v) is 4.09. The van der Waals surface area contributed by atoms with Gasteiger partial charge in [0.2, 0.25) is 0 Å². The summed E-state index contributed by atoms with van der Waals surface area (Å²) in [4.78, 5) is 16.3.